The van der Waals surface area contributed by atoms with Gasteiger partial charge in [-0.15, -0.1) is 48.1 Å². The topological polar surface area (TPSA) is 37.9 Å². The van der Waals surface area contributed by atoms with Crippen molar-refractivity contribution in [2.45, 2.75) is 92.4 Å². The Morgan fingerprint density at radius 3 is 1.97 bits per heavy atom. The Kier molecular flexibility index (Phi) is 11.4. The summed E-state index contributed by atoms with van der Waals surface area (Å²) in [4.78, 5) is 13.1. The molecule has 7 heteroatoms. The molecular weight excluding hydrogens is 966 g/mol. The number of ether oxygens (including phenoxy) is 1. The second-order valence-corrected chi connectivity index (χ2v) is 20.0. The average molecular weight is 1020 g/mol. The maximum Gasteiger partial charge on any atom is 0.187 e. The second-order valence-electron chi connectivity index (χ2n) is 20.0. The van der Waals surface area contributed by atoms with E-state index in [0.29, 0.717) is 17.2 Å². The molecule has 0 N–H and O–H groups in total. The van der Waals surface area contributed by atoms with Crippen molar-refractivity contribution in [3.63, 3.8) is 0 Å². The number of benzene rings is 6. The van der Waals surface area contributed by atoms with E-state index in [1.807, 2.05) is 36.5 Å². The van der Waals surface area contributed by atoms with Gasteiger partial charge >= 0.3 is 0 Å². The minimum absolute atomic E-state index is 0. The van der Waals surface area contributed by atoms with Crippen LogP contribution < -0.4 is 14.5 Å². The Hall–Kier alpha value is -6.15. The van der Waals surface area contributed by atoms with Gasteiger partial charge in [-0.2, -0.15) is 12.1 Å². The van der Waals surface area contributed by atoms with E-state index in [0.717, 1.165) is 72.6 Å². The monoisotopic (exact) mass is 1020 g/mol. The molecule has 0 unspecified atom stereocenters. The zero-order valence-electron chi connectivity index (χ0n) is 38.6. The van der Waals surface area contributed by atoms with E-state index < -0.39 is 0 Å². The molecule has 0 saturated carbocycles. The molecule has 8 aromatic rings. The molecule has 0 atom stereocenters. The quantitative estimate of drug-likeness (QED) is 0.156. The first-order valence-electron chi connectivity index (χ1n) is 21.7. The van der Waals surface area contributed by atoms with Gasteiger partial charge in [-0.1, -0.05) is 121 Å². The molecule has 2 aromatic heterocycles. The van der Waals surface area contributed by atoms with Crippen LogP contribution in [0.2, 0.25) is 0 Å². The van der Waals surface area contributed by atoms with Crippen LogP contribution >= 0.6 is 0 Å². The number of aromatic nitrogens is 2. The van der Waals surface area contributed by atoms with E-state index in [9.17, 15) is 0 Å². The van der Waals surface area contributed by atoms with E-state index in [-0.39, 0.29) is 37.3 Å². The van der Waals surface area contributed by atoms with Crippen LogP contribution in [0.1, 0.15) is 90.1 Å². The number of para-hydroxylation sites is 1. The van der Waals surface area contributed by atoms with E-state index in [2.05, 4.69) is 199 Å². The van der Waals surface area contributed by atoms with Gasteiger partial charge in [-0.25, -0.2) is 9.83 Å². The van der Waals surface area contributed by atoms with E-state index in [1.54, 1.807) is 0 Å². The van der Waals surface area contributed by atoms with Crippen molar-refractivity contribution < 1.29 is 25.8 Å². The van der Waals surface area contributed by atoms with Crippen LogP contribution in [0.3, 0.4) is 0 Å². The third-order valence-corrected chi connectivity index (χ3v) is 12.2. The van der Waals surface area contributed by atoms with E-state index in [1.165, 1.54) is 16.7 Å². The van der Waals surface area contributed by atoms with Crippen LogP contribution in [0.4, 0.5) is 28.4 Å². The number of rotatable bonds is 6. The van der Waals surface area contributed by atoms with Gasteiger partial charge in [0.05, 0.1) is 6.57 Å². The largest absolute Gasteiger partial charge is 0.509 e. The van der Waals surface area contributed by atoms with Crippen LogP contribution in [0.25, 0.3) is 43.6 Å². The van der Waals surface area contributed by atoms with Crippen LogP contribution in [0.5, 0.6) is 11.5 Å². The molecule has 3 heterocycles. The van der Waals surface area contributed by atoms with Gasteiger partial charge in [0, 0.05) is 61.3 Å². The molecule has 6 aromatic carbocycles. The number of fused-ring (bicyclic) bond motifs is 4. The Balaban J connectivity index is 0.00000560. The van der Waals surface area contributed by atoms with Crippen molar-refractivity contribution >= 4 is 50.2 Å². The number of anilines is 4. The normalized spacial score (nSPS) is 13.0. The predicted molar refractivity (Wildman–Crippen MR) is 261 cm³/mol. The molecule has 6 nitrogen and oxygen atoms in total. The van der Waals surface area contributed by atoms with Crippen molar-refractivity contribution in [1.82, 2.24) is 9.55 Å². The Morgan fingerprint density at radius 1 is 0.625 bits per heavy atom. The zero-order chi connectivity index (χ0) is 44.6. The van der Waals surface area contributed by atoms with Crippen molar-refractivity contribution in [3.05, 3.63) is 179 Å². The molecule has 0 spiro atoms. The Morgan fingerprint density at radius 2 is 1.30 bits per heavy atom. The van der Waals surface area contributed by atoms with Crippen molar-refractivity contribution in [2.24, 2.45) is 0 Å². The molecule has 64 heavy (non-hydrogen) atoms. The fraction of sp³-hybridized carbons (Fsp3) is 0.246. The summed E-state index contributed by atoms with van der Waals surface area (Å²) in [6, 6.07) is 47.8. The summed E-state index contributed by atoms with van der Waals surface area (Å²) in [5, 5.41) is 2.21. The van der Waals surface area contributed by atoms with Crippen molar-refractivity contribution in [2.75, 3.05) is 9.80 Å². The molecule has 326 valence electrons. The summed E-state index contributed by atoms with van der Waals surface area (Å²) in [5.74, 6) is 2.01. The molecule has 0 aliphatic carbocycles. The van der Waals surface area contributed by atoms with E-state index >= 15 is 0 Å². The van der Waals surface area contributed by atoms with Crippen LogP contribution in [0, 0.1) is 39.2 Å². The van der Waals surface area contributed by atoms with E-state index in [4.69, 9.17) is 16.3 Å². The molecule has 0 fully saturated rings. The number of aryl methyl sites for hydroxylation is 2. The summed E-state index contributed by atoms with van der Waals surface area (Å²) >= 11 is 0. The van der Waals surface area contributed by atoms with Gasteiger partial charge < -0.3 is 19.1 Å². The van der Waals surface area contributed by atoms with Crippen LogP contribution in [-0.4, -0.2) is 9.55 Å². The van der Waals surface area contributed by atoms with Crippen molar-refractivity contribution in [1.29, 1.82) is 0 Å². The van der Waals surface area contributed by atoms with Crippen LogP contribution in [-0.2, 0) is 37.3 Å². The molecule has 0 bridgehead atoms. The first kappa shape index (κ1) is 44.5. The fourth-order valence-corrected chi connectivity index (χ4v) is 8.72. The molecular formula is C57H54N5OPt-3. The standard InChI is InChI=1S/C57H54N5O.Pt/c1-36-26-42(58-12)27-37(2)54(36)38-20-23-50-52(28-38)60(35-61(50)44-30-40(56(6,7)8)29-41(31-44)57(9,10)11)43-16-15-17-45(33-43)63-46-21-22-48-47-18-13-14-19-49(47)62(51(48)34-46)53-32-39(24-25-59-53)55(3,4)5;/h13-32,35H,1-11H3;/q-3;. The van der Waals surface area contributed by atoms with Gasteiger partial charge in [0.2, 0.25) is 0 Å². The fourth-order valence-electron chi connectivity index (χ4n) is 8.72. The molecule has 9 rings (SSSR count). The second kappa shape index (κ2) is 16.4. The van der Waals surface area contributed by atoms with Gasteiger partial charge in [-0.05, 0) is 106 Å². The number of nitrogens with zero attached hydrogens (tertiary/aromatic N) is 5. The minimum atomic E-state index is -0.0462. The maximum atomic E-state index is 7.65. The predicted octanol–water partition coefficient (Wildman–Crippen LogP) is 15.7. The van der Waals surface area contributed by atoms with Crippen molar-refractivity contribution in [3.8, 4) is 28.4 Å². The SMILES string of the molecule is [C-]#[N+]c1cc(C)c(-c2ccc3c(c2)N(c2[c-]c(Oc4[c-]c5c(cc4)c4ccccc4n5-c4cc(C(C)(C)C)ccn4)ccc2)[CH-]N3c2cc(C(C)(C)C)cc(C(C)(C)C)c2)c(C)c1.[Pt]. The first-order chi connectivity index (χ1) is 29.9. The van der Waals surface area contributed by atoms with Gasteiger partial charge in [-0.3, -0.25) is 0 Å². The third-order valence-electron chi connectivity index (χ3n) is 12.2. The molecule has 0 saturated heterocycles. The van der Waals surface area contributed by atoms with Gasteiger partial charge in [0.1, 0.15) is 5.82 Å². The third kappa shape index (κ3) is 8.23. The summed E-state index contributed by atoms with van der Waals surface area (Å²) < 4.78 is 8.87. The summed E-state index contributed by atoms with van der Waals surface area (Å²) in [7, 11) is 0. The maximum absolute atomic E-state index is 7.65. The smallest absolute Gasteiger partial charge is 0.187 e. The molecule has 0 radical (unpaired) electrons. The average Bonchev–Trinajstić information content (AvgIpc) is 3.78. The Labute approximate surface area is 393 Å². The number of hydrogen-bond donors (Lipinski definition) is 0. The summed E-state index contributed by atoms with van der Waals surface area (Å²) in [6.07, 6.45) is 1.90. The first-order valence-corrected chi connectivity index (χ1v) is 21.7. The summed E-state index contributed by atoms with van der Waals surface area (Å²) in [5.41, 5.74) is 14.7. The molecule has 1 aliphatic rings. The summed E-state index contributed by atoms with van der Waals surface area (Å²) in [6.45, 7) is 34.3. The molecule has 0 amide bonds. The number of hydrogen-bond acceptors (Lipinski definition) is 4. The van der Waals surface area contributed by atoms with Gasteiger partial charge in [0.15, 0.2) is 5.69 Å². The molecule has 1 aliphatic heterocycles. The minimum Gasteiger partial charge on any atom is -0.509 e. The zero-order valence-corrected chi connectivity index (χ0v) is 40.9. The Bertz CT molecular complexity index is 3080. The van der Waals surface area contributed by atoms with Crippen LogP contribution in [0.15, 0.2) is 121 Å². The van der Waals surface area contributed by atoms with Gasteiger partial charge in [0.25, 0.3) is 0 Å². The number of pyridine rings is 1.